The van der Waals surface area contributed by atoms with Gasteiger partial charge in [-0.3, -0.25) is 9.59 Å². The SMILES string of the molecule is CC(=O)C1=CC[C@H]2[C@@H]3CCC4CC(=O)CC[C@]4(C)[C@H]3CC[C@]12C. The summed E-state index contributed by atoms with van der Waals surface area (Å²) in [6, 6.07) is 0. The van der Waals surface area contributed by atoms with Crippen LogP contribution >= 0.6 is 0 Å². The van der Waals surface area contributed by atoms with E-state index in [9.17, 15) is 9.59 Å². The van der Waals surface area contributed by atoms with Crippen molar-refractivity contribution in [2.45, 2.75) is 72.1 Å². The number of hydrogen-bond acceptors (Lipinski definition) is 2. The van der Waals surface area contributed by atoms with Crippen molar-refractivity contribution in [1.82, 2.24) is 0 Å². The number of fused-ring (bicyclic) bond motifs is 5. The van der Waals surface area contributed by atoms with Crippen molar-refractivity contribution in [3.8, 4) is 0 Å². The van der Waals surface area contributed by atoms with Crippen LogP contribution in [0.3, 0.4) is 0 Å². The van der Waals surface area contributed by atoms with Crippen molar-refractivity contribution in [3.63, 3.8) is 0 Å². The lowest BCUT2D eigenvalue weighted by Crippen LogP contribution is -2.53. The fraction of sp³-hybridized carbons (Fsp3) is 0.810. The largest absolute Gasteiger partial charge is 0.300 e. The molecule has 23 heavy (non-hydrogen) atoms. The summed E-state index contributed by atoms with van der Waals surface area (Å²) in [6.07, 6.45) is 11.0. The number of rotatable bonds is 1. The molecule has 0 saturated heterocycles. The molecule has 0 aliphatic heterocycles. The molecule has 4 rings (SSSR count). The molecule has 2 nitrogen and oxygen atoms in total. The van der Waals surface area contributed by atoms with Crippen LogP contribution in [0.25, 0.3) is 0 Å². The lowest BCUT2D eigenvalue weighted by atomic mass is 9.44. The number of hydrogen-bond donors (Lipinski definition) is 0. The lowest BCUT2D eigenvalue weighted by molar-refractivity contribution is -0.138. The maximum Gasteiger partial charge on any atom is 0.156 e. The topological polar surface area (TPSA) is 34.1 Å². The molecule has 4 aliphatic rings. The summed E-state index contributed by atoms with van der Waals surface area (Å²) in [5.74, 6) is 3.60. The van der Waals surface area contributed by atoms with Gasteiger partial charge in [0, 0.05) is 12.8 Å². The third-order valence-electron chi connectivity index (χ3n) is 8.44. The Morgan fingerprint density at radius 1 is 1.13 bits per heavy atom. The van der Waals surface area contributed by atoms with Gasteiger partial charge < -0.3 is 0 Å². The third kappa shape index (κ3) is 2.06. The van der Waals surface area contributed by atoms with E-state index < -0.39 is 0 Å². The lowest BCUT2D eigenvalue weighted by Gasteiger charge is -2.60. The predicted octanol–water partition coefficient (Wildman–Crippen LogP) is 4.72. The fourth-order valence-corrected chi connectivity index (χ4v) is 7.16. The highest BCUT2D eigenvalue weighted by Crippen LogP contribution is 2.66. The van der Waals surface area contributed by atoms with Crippen LogP contribution in [0.1, 0.15) is 72.1 Å². The number of allylic oxidation sites excluding steroid dienone is 2. The van der Waals surface area contributed by atoms with Gasteiger partial charge in [-0.15, -0.1) is 0 Å². The molecule has 0 bridgehead atoms. The smallest absolute Gasteiger partial charge is 0.156 e. The average molecular weight is 314 g/mol. The Hall–Kier alpha value is -0.920. The van der Waals surface area contributed by atoms with Crippen LogP contribution in [0.5, 0.6) is 0 Å². The second kappa shape index (κ2) is 5.04. The highest BCUT2D eigenvalue weighted by Gasteiger charge is 2.58. The first kappa shape index (κ1) is 15.6. The van der Waals surface area contributed by atoms with Gasteiger partial charge in [-0.1, -0.05) is 19.9 Å². The van der Waals surface area contributed by atoms with Gasteiger partial charge in [-0.2, -0.15) is 0 Å². The molecule has 0 amide bonds. The minimum absolute atomic E-state index is 0.126. The van der Waals surface area contributed by atoms with Crippen LogP contribution in [0.2, 0.25) is 0 Å². The number of carbonyl (C=O) groups is 2. The Morgan fingerprint density at radius 2 is 1.91 bits per heavy atom. The van der Waals surface area contributed by atoms with E-state index in [2.05, 4.69) is 19.9 Å². The summed E-state index contributed by atoms with van der Waals surface area (Å²) < 4.78 is 0. The molecular formula is C21H30O2. The van der Waals surface area contributed by atoms with Gasteiger partial charge in [0.2, 0.25) is 0 Å². The van der Waals surface area contributed by atoms with Gasteiger partial charge >= 0.3 is 0 Å². The first-order chi connectivity index (χ1) is 10.9. The predicted molar refractivity (Wildman–Crippen MR) is 90.9 cm³/mol. The summed E-state index contributed by atoms with van der Waals surface area (Å²) >= 11 is 0. The van der Waals surface area contributed by atoms with Crippen LogP contribution in [0, 0.1) is 34.5 Å². The fourth-order valence-electron chi connectivity index (χ4n) is 7.16. The molecule has 0 heterocycles. The summed E-state index contributed by atoms with van der Waals surface area (Å²) in [5.41, 5.74) is 1.62. The zero-order valence-corrected chi connectivity index (χ0v) is 14.9. The van der Waals surface area contributed by atoms with Crippen molar-refractivity contribution in [1.29, 1.82) is 0 Å². The average Bonchev–Trinajstić information content (AvgIpc) is 2.85. The van der Waals surface area contributed by atoms with E-state index in [1.807, 2.05) is 0 Å². The van der Waals surface area contributed by atoms with E-state index in [-0.39, 0.29) is 11.2 Å². The van der Waals surface area contributed by atoms with E-state index in [1.54, 1.807) is 6.92 Å². The van der Waals surface area contributed by atoms with Crippen LogP contribution < -0.4 is 0 Å². The Morgan fingerprint density at radius 3 is 2.65 bits per heavy atom. The van der Waals surface area contributed by atoms with E-state index in [0.29, 0.717) is 23.0 Å². The van der Waals surface area contributed by atoms with Gasteiger partial charge in [-0.05, 0) is 85.5 Å². The minimum atomic E-state index is 0.126. The highest BCUT2D eigenvalue weighted by molar-refractivity contribution is 5.95. The molecule has 126 valence electrons. The Balaban J connectivity index is 1.63. The molecule has 0 spiro atoms. The molecule has 1 unspecified atom stereocenters. The first-order valence-electron chi connectivity index (χ1n) is 9.59. The van der Waals surface area contributed by atoms with Crippen molar-refractivity contribution >= 4 is 11.6 Å². The van der Waals surface area contributed by atoms with E-state index in [4.69, 9.17) is 0 Å². The zero-order chi connectivity index (χ0) is 16.4. The summed E-state index contributed by atoms with van der Waals surface area (Å²) in [7, 11) is 0. The number of ketones is 2. The van der Waals surface area contributed by atoms with Gasteiger partial charge in [0.1, 0.15) is 5.78 Å². The van der Waals surface area contributed by atoms with Crippen LogP contribution in [0.15, 0.2) is 11.6 Å². The molecular weight excluding hydrogens is 284 g/mol. The zero-order valence-electron chi connectivity index (χ0n) is 14.9. The van der Waals surface area contributed by atoms with Crippen LogP contribution in [0.4, 0.5) is 0 Å². The van der Waals surface area contributed by atoms with E-state index in [1.165, 1.54) is 25.7 Å². The molecule has 2 heteroatoms. The van der Waals surface area contributed by atoms with Crippen molar-refractivity contribution in [3.05, 3.63) is 11.6 Å². The molecule has 3 saturated carbocycles. The third-order valence-corrected chi connectivity index (χ3v) is 8.44. The second-order valence-electron chi connectivity index (χ2n) is 9.27. The molecule has 0 radical (unpaired) electrons. The van der Waals surface area contributed by atoms with Gasteiger partial charge in [0.05, 0.1) is 0 Å². The normalized spacial score (nSPS) is 49.0. The van der Waals surface area contributed by atoms with E-state index >= 15 is 0 Å². The number of Topliss-reactive ketones (excluding diaryl/α,β-unsaturated/α-hetero) is 2. The molecule has 0 aromatic heterocycles. The maximum atomic E-state index is 12.1. The van der Waals surface area contributed by atoms with E-state index in [0.717, 1.165) is 43.1 Å². The summed E-state index contributed by atoms with van der Waals surface area (Å²) in [6.45, 7) is 6.58. The first-order valence-corrected chi connectivity index (χ1v) is 9.59. The molecule has 0 N–H and O–H groups in total. The quantitative estimate of drug-likeness (QED) is 0.701. The number of carbonyl (C=O) groups excluding carboxylic acids is 2. The monoisotopic (exact) mass is 314 g/mol. The van der Waals surface area contributed by atoms with Crippen molar-refractivity contribution in [2.75, 3.05) is 0 Å². The van der Waals surface area contributed by atoms with Gasteiger partial charge in [0.25, 0.3) is 0 Å². The molecule has 0 aromatic carbocycles. The molecule has 3 fully saturated rings. The van der Waals surface area contributed by atoms with Gasteiger partial charge in [-0.25, -0.2) is 0 Å². The summed E-state index contributed by atoms with van der Waals surface area (Å²) in [5, 5.41) is 0. The van der Waals surface area contributed by atoms with Crippen LogP contribution in [-0.4, -0.2) is 11.6 Å². The second-order valence-corrected chi connectivity index (χ2v) is 9.27. The molecule has 4 aliphatic carbocycles. The highest BCUT2D eigenvalue weighted by atomic mass is 16.1. The Labute approximate surface area is 140 Å². The standard InChI is InChI=1S/C21H30O2/c1-13(22)17-6-7-18-16-5-4-14-12-15(23)8-10-20(14,2)19(16)9-11-21(17,18)3/h6,14,16,18-19H,4-5,7-12H2,1-3H3/t14?,16-,18-,19-,20-,21+/m0/s1. The van der Waals surface area contributed by atoms with Crippen molar-refractivity contribution in [2.24, 2.45) is 34.5 Å². The minimum Gasteiger partial charge on any atom is -0.300 e. The Bertz CT molecular complexity index is 589. The molecule has 0 aromatic rings. The summed E-state index contributed by atoms with van der Waals surface area (Å²) in [4.78, 5) is 24.0. The molecule has 6 atom stereocenters. The van der Waals surface area contributed by atoms with Crippen molar-refractivity contribution < 1.29 is 9.59 Å². The van der Waals surface area contributed by atoms with Gasteiger partial charge in [0.15, 0.2) is 5.78 Å². The van der Waals surface area contributed by atoms with Crippen LogP contribution in [-0.2, 0) is 9.59 Å². The Kier molecular flexibility index (Phi) is 3.42. The maximum absolute atomic E-state index is 12.1.